The van der Waals surface area contributed by atoms with Crippen molar-refractivity contribution in [1.29, 1.82) is 0 Å². The molecule has 5 nitrogen and oxygen atoms in total. The number of para-hydroxylation sites is 1. The van der Waals surface area contributed by atoms with Gasteiger partial charge in [-0.2, -0.15) is 0 Å². The van der Waals surface area contributed by atoms with Gasteiger partial charge in [-0.15, -0.1) is 0 Å². The van der Waals surface area contributed by atoms with Crippen LogP contribution in [0.4, 0.5) is 0 Å². The molecule has 0 spiro atoms. The molecule has 112 valence electrons. The molecule has 1 atom stereocenters. The molecule has 1 amide bonds. The predicted molar refractivity (Wildman–Crippen MR) is 81.8 cm³/mol. The number of amides is 1. The van der Waals surface area contributed by atoms with E-state index in [0.717, 1.165) is 29.3 Å². The molecule has 6 heteroatoms. The number of aromatic nitrogens is 1. The molecule has 0 unspecified atom stereocenters. The first-order chi connectivity index (χ1) is 10.1. The van der Waals surface area contributed by atoms with Crippen LogP contribution < -0.4 is 0 Å². The van der Waals surface area contributed by atoms with Crippen LogP contribution in [0.1, 0.15) is 12.0 Å². The molecule has 1 aromatic heterocycles. The molecule has 21 heavy (non-hydrogen) atoms. The summed E-state index contributed by atoms with van der Waals surface area (Å²) in [6.45, 7) is 0.547. The van der Waals surface area contributed by atoms with E-state index < -0.39 is 9.84 Å². The lowest BCUT2D eigenvalue weighted by molar-refractivity contribution is -0.119. The molecule has 0 saturated carbocycles. The van der Waals surface area contributed by atoms with Crippen molar-refractivity contribution in [2.45, 2.75) is 18.9 Å². The van der Waals surface area contributed by atoms with Gasteiger partial charge in [0.2, 0.25) is 6.41 Å². The van der Waals surface area contributed by atoms with Crippen LogP contribution in [0, 0.1) is 0 Å². The summed E-state index contributed by atoms with van der Waals surface area (Å²) in [5.41, 5.74) is 2.23. The molecule has 0 bridgehead atoms. The molecule has 1 saturated heterocycles. The number of hydrogen-bond acceptors (Lipinski definition) is 3. The summed E-state index contributed by atoms with van der Waals surface area (Å²) < 4.78 is 23.0. The molecule has 1 N–H and O–H groups in total. The molecule has 2 aromatic rings. The Morgan fingerprint density at radius 3 is 2.86 bits per heavy atom. The number of carbonyl (C=O) groups is 1. The van der Waals surface area contributed by atoms with Gasteiger partial charge in [0.05, 0.1) is 11.5 Å². The third kappa shape index (κ3) is 2.95. The van der Waals surface area contributed by atoms with Gasteiger partial charge in [-0.3, -0.25) is 4.79 Å². The number of nitrogens with zero attached hydrogens (tertiary/aromatic N) is 1. The van der Waals surface area contributed by atoms with E-state index in [9.17, 15) is 13.2 Å². The van der Waals surface area contributed by atoms with Gasteiger partial charge in [0.15, 0.2) is 9.84 Å². The maximum absolute atomic E-state index is 11.5. The second-order valence-electron chi connectivity index (χ2n) is 5.51. The Kier molecular flexibility index (Phi) is 3.71. The van der Waals surface area contributed by atoms with Crippen molar-refractivity contribution in [3.63, 3.8) is 0 Å². The van der Waals surface area contributed by atoms with Gasteiger partial charge >= 0.3 is 0 Å². The summed E-state index contributed by atoms with van der Waals surface area (Å²) in [7, 11) is -2.96. The maximum Gasteiger partial charge on any atom is 0.209 e. The number of rotatable bonds is 5. The number of aromatic amines is 1. The maximum atomic E-state index is 11.5. The summed E-state index contributed by atoms with van der Waals surface area (Å²) in [5, 5.41) is 1.15. The minimum absolute atomic E-state index is 0.0968. The van der Waals surface area contributed by atoms with Gasteiger partial charge in [-0.05, 0) is 24.5 Å². The van der Waals surface area contributed by atoms with Gasteiger partial charge in [0.25, 0.3) is 0 Å². The van der Waals surface area contributed by atoms with Gasteiger partial charge in [-0.25, -0.2) is 8.42 Å². The van der Waals surface area contributed by atoms with E-state index in [1.54, 1.807) is 4.90 Å². The number of nitrogens with one attached hydrogen (secondary N) is 1. The van der Waals surface area contributed by atoms with Gasteiger partial charge in [-0.1, -0.05) is 18.2 Å². The van der Waals surface area contributed by atoms with E-state index in [-0.39, 0.29) is 17.5 Å². The zero-order valence-corrected chi connectivity index (χ0v) is 12.5. The summed E-state index contributed by atoms with van der Waals surface area (Å²) in [5.74, 6) is 0.286. The lowest BCUT2D eigenvalue weighted by Gasteiger charge is -2.23. The summed E-state index contributed by atoms with van der Waals surface area (Å²) >= 11 is 0. The monoisotopic (exact) mass is 306 g/mol. The van der Waals surface area contributed by atoms with E-state index in [4.69, 9.17) is 0 Å². The minimum Gasteiger partial charge on any atom is -0.361 e. The number of carbonyl (C=O) groups excluding carboxylic acids is 1. The van der Waals surface area contributed by atoms with E-state index in [1.165, 1.54) is 0 Å². The smallest absolute Gasteiger partial charge is 0.209 e. The van der Waals surface area contributed by atoms with Crippen LogP contribution in [0.15, 0.2) is 30.5 Å². The molecule has 1 aliphatic rings. The molecule has 0 aliphatic carbocycles. The first kappa shape index (κ1) is 14.1. The molecule has 1 aromatic carbocycles. The Bertz CT molecular complexity index is 751. The third-order valence-electron chi connectivity index (χ3n) is 4.13. The van der Waals surface area contributed by atoms with Gasteiger partial charge in [0, 0.05) is 29.7 Å². The fourth-order valence-corrected chi connectivity index (χ4v) is 4.69. The van der Waals surface area contributed by atoms with E-state index in [2.05, 4.69) is 4.98 Å². The Morgan fingerprint density at radius 1 is 1.33 bits per heavy atom. The number of sulfone groups is 1. The van der Waals surface area contributed by atoms with Crippen molar-refractivity contribution in [2.75, 3.05) is 18.1 Å². The van der Waals surface area contributed by atoms with Crippen LogP contribution in [-0.2, 0) is 21.1 Å². The first-order valence-corrected chi connectivity index (χ1v) is 8.88. The molecular formula is C15H18N2O3S. The quantitative estimate of drug-likeness (QED) is 0.848. The van der Waals surface area contributed by atoms with Crippen molar-refractivity contribution in [1.82, 2.24) is 9.88 Å². The average molecular weight is 306 g/mol. The molecular weight excluding hydrogens is 288 g/mol. The Labute approximate surface area is 123 Å². The number of fused-ring (bicyclic) bond motifs is 1. The molecule has 2 heterocycles. The molecule has 0 radical (unpaired) electrons. The Hall–Kier alpha value is -1.82. The second-order valence-corrected chi connectivity index (χ2v) is 7.74. The topological polar surface area (TPSA) is 70.2 Å². The minimum atomic E-state index is -2.96. The lowest BCUT2D eigenvalue weighted by atomic mass is 10.1. The van der Waals surface area contributed by atoms with E-state index in [0.29, 0.717) is 13.0 Å². The number of H-pyrrole nitrogens is 1. The average Bonchev–Trinajstić information content (AvgIpc) is 3.04. The molecule has 1 fully saturated rings. The van der Waals surface area contributed by atoms with E-state index >= 15 is 0 Å². The highest BCUT2D eigenvalue weighted by atomic mass is 32.2. The summed E-state index contributed by atoms with van der Waals surface area (Å²) in [6.07, 6.45) is 4.01. The van der Waals surface area contributed by atoms with Crippen LogP contribution in [0.2, 0.25) is 0 Å². The van der Waals surface area contributed by atoms with Gasteiger partial charge in [0.1, 0.15) is 0 Å². The highest BCUT2D eigenvalue weighted by molar-refractivity contribution is 7.91. The standard InChI is InChI=1S/C15H18N2O3S/c18-11-17(13-6-8-21(19,20)10-13)7-5-12-9-16-15-4-2-1-3-14(12)15/h1-4,9,11,13,16H,5-8,10H2/t13-/m0/s1. The van der Waals surface area contributed by atoms with Crippen LogP contribution in [0.5, 0.6) is 0 Å². The number of benzene rings is 1. The fourth-order valence-electron chi connectivity index (χ4n) is 2.95. The third-order valence-corrected chi connectivity index (χ3v) is 5.88. The fraction of sp³-hybridized carbons (Fsp3) is 0.400. The van der Waals surface area contributed by atoms with Crippen molar-refractivity contribution in [3.8, 4) is 0 Å². The predicted octanol–water partition coefficient (Wildman–Crippen LogP) is 1.36. The van der Waals surface area contributed by atoms with Crippen molar-refractivity contribution in [2.24, 2.45) is 0 Å². The van der Waals surface area contributed by atoms with Crippen molar-refractivity contribution < 1.29 is 13.2 Å². The van der Waals surface area contributed by atoms with Gasteiger partial charge < -0.3 is 9.88 Å². The van der Waals surface area contributed by atoms with Crippen LogP contribution >= 0.6 is 0 Å². The molecule has 3 rings (SSSR count). The van der Waals surface area contributed by atoms with E-state index in [1.807, 2.05) is 30.5 Å². The number of hydrogen-bond donors (Lipinski definition) is 1. The van der Waals surface area contributed by atoms with Crippen molar-refractivity contribution >= 4 is 27.2 Å². The zero-order valence-electron chi connectivity index (χ0n) is 11.7. The van der Waals surface area contributed by atoms with Crippen LogP contribution in [0.25, 0.3) is 10.9 Å². The first-order valence-electron chi connectivity index (χ1n) is 7.05. The highest BCUT2D eigenvalue weighted by Gasteiger charge is 2.31. The normalized spacial score (nSPS) is 20.7. The summed E-state index contributed by atoms with van der Waals surface area (Å²) in [6, 6.07) is 7.86. The highest BCUT2D eigenvalue weighted by Crippen LogP contribution is 2.20. The van der Waals surface area contributed by atoms with Crippen LogP contribution in [0.3, 0.4) is 0 Å². The SMILES string of the molecule is O=CN(CCc1c[nH]c2ccccc12)[C@H]1CCS(=O)(=O)C1. The largest absolute Gasteiger partial charge is 0.361 e. The van der Waals surface area contributed by atoms with Crippen molar-refractivity contribution in [3.05, 3.63) is 36.0 Å². The molecule has 1 aliphatic heterocycles. The summed E-state index contributed by atoms with van der Waals surface area (Å²) in [4.78, 5) is 16.1. The van der Waals surface area contributed by atoms with Crippen LogP contribution in [-0.4, -0.2) is 48.8 Å². The Balaban J connectivity index is 1.70. The second kappa shape index (κ2) is 5.52. The zero-order chi connectivity index (χ0) is 14.9. The Morgan fingerprint density at radius 2 is 2.14 bits per heavy atom. The lowest BCUT2D eigenvalue weighted by Crippen LogP contribution is -2.36.